The Hall–Kier alpha value is -3.25. The van der Waals surface area contributed by atoms with Crippen molar-refractivity contribution in [2.24, 2.45) is 0 Å². The van der Waals surface area contributed by atoms with E-state index in [0.717, 1.165) is 16.9 Å². The predicted molar refractivity (Wildman–Crippen MR) is 114 cm³/mol. The molecule has 1 amide bonds. The molecule has 0 aliphatic carbocycles. The second-order valence-electron chi connectivity index (χ2n) is 6.63. The third-order valence-corrected chi connectivity index (χ3v) is 5.49. The molecule has 29 heavy (non-hydrogen) atoms. The summed E-state index contributed by atoms with van der Waals surface area (Å²) in [6, 6.07) is 23.7. The Balaban J connectivity index is 1.43. The van der Waals surface area contributed by atoms with Gasteiger partial charge in [-0.05, 0) is 23.4 Å². The molecular formula is C23H21N3O2S. The number of nitrogens with zero attached hydrogens (tertiary/aromatic N) is 3. The summed E-state index contributed by atoms with van der Waals surface area (Å²) in [7, 11) is 0. The summed E-state index contributed by atoms with van der Waals surface area (Å²) in [4.78, 5) is 20.0. The molecule has 2 heterocycles. The lowest BCUT2D eigenvalue weighted by Gasteiger charge is -2.21. The van der Waals surface area contributed by atoms with Crippen molar-refractivity contribution in [2.75, 3.05) is 13.1 Å². The lowest BCUT2D eigenvalue weighted by atomic mass is 10.1. The van der Waals surface area contributed by atoms with Crippen molar-refractivity contribution in [1.29, 1.82) is 0 Å². The van der Waals surface area contributed by atoms with E-state index >= 15 is 0 Å². The number of hydrogen-bond donors (Lipinski definition) is 0. The number of aromatic nitrogens is 2. The Kier molecular flexibility index (Phi) is 6.12. The molecule has 0 aliphatic heterocycles. The third-order valence-electron chi connectivity index (χ3n) is 4.63. The number of amides is 1. The summed E-state index contributed by atoms with van der Waals surface area (Å²) in [6.07, 6.45) is 1.32. The fourth-order valence-electron chi connectivity index (χ4n) is 3.07. The molecule has 0 spiro atoms. The summed E-state index contributed by atoms with van der Waals surface area (Å²) in [6.45, 7) is 1.17. The molecule has 2 aromatic carbocycles. The highest BCUT2D eigenvalue weighted by atomic mass is 32.1. The topological polar surface area (TPSA) is 59.2 Å². The van der Waals surface area contributed by atoms with Crippen LogP contribution in [0, 0.1) is 0 Å². The van der Waals surface area contributed by atoms with Crippen LogP contribution in [0.5, 0.6) is 0 Å². The molecular weight excluding hydrogens is 382 g/mol. The summed E-state index contributed by atoms with van der Waals surface area (Å²) in [5.74, 6) is 1.15. The predicted octanol–water partition coefficient (Wildman–Crippen LogP) is 4.73. The molecule has 0 radical (unpaired) electrons. The lowest BCUT2D eigenvalue weighted by molar-refractivity contribution is 0.0761. The SMILES string of the molecule is O=C(c1cccs1)N(CCc1ccccc1)CCc1nc(-c2ccccc2)no1. The van der Waals surface area contributed by atoms with Crippen molar-refractivity contribution in [2.45, 2.75) is 12.8 Å². The first-order valence-corrected chi connectivity index (χ1v) is 10.4. The normalized spacial score (nSPS) is 10.8. The minimum atomic E-state index is 0.0405. The van der Waals surface area contributed by atoms with E-state index in [0.29, 0.717) is 31.2 Å². The van der Waals surface area contributed by atoms with Gasteiger partial charge >= 0.3 is 0 Å². The second-order valence-corrected chi connectivity index (χ2v) is 7.58. The van der Waals surface area contributed by atoms with Gasteiger partial charge in [-0.3, -0.25) is 4.79 Å². The van der Waals surface area contributed by atoms with Crippen LogP contribution >= 0.6 is 11.3 Å². The van der Waals surface area contributed by atoms with Gasteiger partial charge in [0.15, 0.2) is 0 Å². The zero-order chi connectivity index (χ0) is 19.9. The van der Waals surface area contributed by atoms with E-state index in [-0.39, 0.29) is 5.91 Å². The van der Waals surface area contributed by atoms with E-state index in [1.165, 1.54) is 16.9 Å². The number of carbonyl (C=O) groups is 1. The minimum absolute atomic E-state index is 0.0405. The zero-order valence-electron chi connectivity index (χ0n) is 15.9. The van der Waals surface area contributed by atoms with Crippen LogP contribution in [0.2, 0.25) is 0 Å². The first kappa shape index (κ1) is 19.1. The smallest absolute Gasteiger partial charge is 0.263 e. The third kappa shape index (κ3) is 4.97. The monoisotopic (exact) mass is 403 g/mol. The van der Waals surface area contributed by atoms with Crippen molar-refractivity contribution < 1.29 is 9.32 Å². The van der Waals surface area contributed by atoms with Gasteiger partial charge in [0, 0.05) is 25.1 Å². The Labute approximate surface area is 173 Å². The number of benzene rings is 2. The van der Waals surface area contributed by atoms with Gasteiger partial charge in [-0.2, -0.15) is 4.98 Å². The van der Waals surface area contributed by atoms with Crippen LogP contribution in [0.3, 0.4) is 0 Å². The lowest BCUT2D eigenvalue weighted by Crippen LogP contribution is -2.34. The van der Waals surface area contributed by atoms with E-state index in [1.807, 2.05) is 70.9 Å². The van der Waals surface area contributed by atoms with Crippen molar-refractivity contribution in [3.05, 3.63) is 94.5 Å². The quantitative estimate of drug-likeness (QED) is 0.427. The van der Waals surface area contributed by atoms with E-state index in [1.54, 1.807) is 0 Å². The average Bonchev–Trinajstić information content (AvgIpc) is 3.47. The fourth-order valence-corrected chi connectivity index (χ4v) is 3.76. The van der Waals surface area contributed by atoms with Crippen LogP contribution in [0.25, 0.3) is 11.4 Å². The highest BCUT2D eigenvalue weighted by Crippen LogP contribution is 2.16. The number of thiophene rings is 1. The number of carbonyl (C=O) groups excluding carboxylic acids is 1. The molecule has 0 atom stereocenters. The van der Waals surface area contributed by atoms with Gasteiger partial charge in [-0.15, -0.1) is 11.3 Å². The van der Waals surface area contributed by atoms with E-state index in [2.05, 4.69) is 22.3 Å². The molecule has 0 N–H and O–H groups in total. The first-order valence-electron chi connectivity index (χ1n) is 9.54. The Bertz CT molecular complexity index is 1030. The van der Waals surface area contributed by atoms with E-state index < -0.39 is 0 Å². The Morgan fingerprint density at radius 2 is 1.62 bits per heavy atom. The molecule has 0 saturated carbocycles. The Morgan fingerprint density at radius 3 is 2.34 bits per heavy atom. The molecule has 0 aliphatic rings. The van der Waals surface area contributed by atoms with Crippen LogP contribution in [-0.4, -0.2) is 34.0 Å². The largest absolute Gasteiger partial charge is 0.339 e. The van der Waals surface area contributed by atoms with Crippen LogP contribution < -0.4 is 0 Å². The van der Waals surface area contributed by atoms with Gasteiger partial charge in [0.05, 0.1) is 4.88 Å². The van der Waals surface area contributed by atoms with Crippen LogP contribution in [0.4, 0.5) is 0 Å². The van der Waals surface area contributed by atoms with Crippen LogP contribution in [0.15, 0.2) is 82.7 Å². The number of rotatable bonds is 8. The average molecular weight is 404 g/mol. The van der Waals surface area contributed by atoms with Gasteiger partial charge < -0.3 is 9.42 Å². The first-order chi connectivity index (χ1) is 14.3. The Morgan fingerprint density at radius 1 is 0.897 bits per heavy atom. The van der Waals surface area contributed by atoms with Crippen molar-refractivity contribution in [3.63, 3.8) is 0 Å². The summed E-state index contributed by atoms with van der Waals surface area (Å²) in [5.41, 5.74) is 2.12. The van der Waals surface area contributed by atoms with Crippen LogP contribution in [0.1, 0.15) is 21.1 Å². The van der Waals surface area contributed by atoms with Crippen molar-refractivity contribution in [1.82, 2.24) is 15.0 Å². The molecule has 5 nitrogen and oxygen atoms in total. The fraction of sp³-hybridized carbons (Fsp3) is 0.174. The van der Waals surface area contributed by atoms with Crippen molar-refractivity contribution >= 4 is 17.2 Å². The molecule has 0 saturated heterocycles. The van der Waals surface area contributed by atoms with E-state index in [9.17, 15) is 4.79 Å². The summed E-state index contributed by atoms with van der Waals surface area (Å²) >= 11 is 1.46. The molecule has 2 aromatic heterocycles. The molecule has 0 unspecified atom stereocenters. The van der Waals surface area contributed by atoms with Gasteiger partial charge in [0.2, 0.25) is 11.7 Å². The molecule has 146 valence electrons. The maximum absolute atomic E-state index is 12.9. The summed E-state index contributed by atoms with van der Waals surface area (Å²) < 4.78 is 5.41. The van der Waals surface area contributed by atoms with E-state index in [4.69, 9.17) is 4.52 Å². The van der Waals surface area contributed by atoms with Gasteiger partial charge in [0.1, 0.15) is 0 Å². The van der Waals surface area contributed by atoms with Crippen molar-refractivity contribution in [3.8, 4) is 11.4 Å². The molecule has 0 bridgehead atoms. The van der Waals surface area contributed by atoms with Gasteiger partial charge in [0.25, 0.3) is 5.91 Å². The molecule has 4 rings (SSSR count). The standard InChI is InChI=1S/C23H21N3O2S/c27-23(20-12-7-17-29-20)26(15-13-18-8-3-1-4-9-18)16-14-21-24-22(25-28-21)19-10-5-2-6-11-19/h1-12,17H,13-16H2. The highest BCUT2D eigenvalue weighted by Gasteiger charge is 2.18. The van der Waals surface area contributed by atoms with Gasteiger partial charge in [-0.25, -0.2) is 0 Å². The minimum Gasteiger partial charge on any atom is -0.339 e. The molecule has 6 heteroatoms. The molecule has 4 aromatic rings. The van der Waals surface area contributed by atoms with Crippen LogP contribution in [-0.2, 0) is 12.8 Å². The maximum atomic E-state index is 12.9. The summed E-state index contributed by atoms with van der Waals surface area (Å²) in [5, 5.41) is 5.99. The highest BCUT2D eigenvalue weighted by molar-refractivity contribution is 7.12. The second kappa shape index (κ2) is 9.30. The maximum Gasteiger partial charge on any atom is 0.263 e. The zero-order valence-corrected chi connectivity index (χ0v) is 16.7. The molecule has 0 fully saturated rings. The van der Waals surface area contributed by atoms with Gasteiger partial charge in [-0.1, -0.05) is 71.9 Å². The number of hydrogen-bond acceptors (Lipinski definition) is 5.